The monoisotopic (exact) mass is 420 g/mol. The SMILES string of the molecule is NC=C(C(=O)N1CCc2[nH]cnc2[C@H]1c1nc2cccc(F)c2s1)c1ccccn1. The molecule has 30 heavy (non-hydrogen) atoms. The molecule has 1 amide bonds. The lowest BCUT2D eigenvalue weighted by molar-refractivity contribution is -0.127. The molecule has 0 spiro atoms. The summed E-state index contributed by atoms with van der Waals surface area (Å²) in [4.78, 5) is 31.7. The molecule has 0 saturated heterocycles. The van der Waals surface area contributed by atoms with Gasteiger partial charge >= 0.3 is 0 Å². The van der Waals surface area contributed by atoms with E-state index in [0.717, 1.165) is 5.69 Å². The van der Waals surface area contributed by atoms with Crippen molar-refractivity contribution in [1.82, 2.24) is 24.8 Å². The second-order valence-electron chi connectivity index (χ2n) is 6.85. The molecule has 0 bridgehead atoms. The number of rotatable bonds is 3. The Bertz CT molecular complexity index is 1260. The van der Waals surface area contributed by atoms with Crippen LogP contribution in [0.2, 0.25) is 0 Å². The van der Waals surface area contributed by atoms with E-state index < -0.39 is 6.04 Å². The van der Waals surface area contributed by atoms with E-state index in [0.29, 0.717) is 45.2 Å². The van der Waals surface area contributed by atoms with Crippen LogP contribution in [0, 0.1) is 5.82 Å². The van der Waals surface area contributed by atoms with Crippen LogP contribution in [0.1, 0.15) is 28.1 Å². The Kier molecular flexibility index (Phi) is 4.51. The number of H-pyrrole nitrogens is 1. The third-order valence-electron chi connectivity index (χ3n) is 5.14. The van der Waals surface area contributed by atoms with Gasteiger partial charge in [-0.3, -0.25) is 9.78 Å². The summed E-state index contributed by atoms with van der Waals surface area (Å²) in [6, 6.07) is 9.57. The van der Waals surface area contributed by atoms with E-state index >= 15 is 0 Å². The van der Waals surface area contributed by atoms with E-state index in [1.54, 1.807) is 47.8 Å². The molecule has 0 aliphatic carbocycles. The fraction of sp³-hybridized carbons (Fsp3) is 0.143. The number of nitrogens with two attached hydrogens (primary N) is 1. The smallest absolute Gasteiger partial charge is 0.258 e. The van der Waals surface area contributed by atoms with E-state index in [1.165, 1.54) is 23.6 Å². The van der Waals surface area contributed by atoms with Crippen molar-refractivity contribution in [2.75, 3.05) is 6.54 Å². The third kappa shape index (κ3) is 2.94. The Balaban J connectivity index is 1.62. The number of pyridine rings is 1. The number of carbonyl (C=O) groups excluding carboxylic acids is 1. The van der Waals surface area contributed by atoms with Crippen molar-refractivity contribution in [1.29, 1.82) is 0 Å². The lowest BCUT2D eigenvalue weighted by Gasteiger charge is -2.34. The molecule has 1 atom stereocenters. The quantitative estimate of drug-likeness (QED) is 0.496. The second kappa shape index (κ2) is 7.34. The minimum atomic E-state index is -0.539. The Hall–Kier alpha value is -3.59. The van der Waals surface area contributed by atoms with Crippen molar-refractivity contribution < 1.29 is 9.18 Å². The summed E-state index contributed by atoms with van der Waals surface area (Å²) in [7, 11) is 0. The van der Waals surface area contributed by atoms with E-state index in [4.69, 9.17) is 5.73 Å². The summed E-state index contributed by atoms with van der Waals surface area (Å²) in [6.45, 7) is 0.446. The number of amides is 1. The van der Waals surface area contributed by atoms with Crippen LogP contribution in [0.3, 0.4) is 0 Å². The molecular weight excluding hydrogens is 403 g/mol. The summed E-state index contributed by atoms with van der Waals surface area (Å²) in [5.41, 5.74) is 8.83. The Morgan fingerprint density at radius 1 is 1.27 bits per heavy atom. The van der Waals surface area contributed by atoms with Gasteiger partial charge in [0, 0.05) is 31.1 Å². The van der Waals surface area contributed by atoms with E-state index in [1.807, 2.05) is 0 Å². The summed E-state index contributed by atoms with van der Waals surface area (Å²) in [5.74, 6) is -0.599. The zero-order chi connectivity index (χ0) is 20.7. The maximum absolute atomic E-state index is 14.3. The normalized spacial score (nSPS) is 16.6. The molecule has 0 radical (unpaired) electrons. The van der Waals surface area contributed by atoms with Gasteiger partial charge in [-0.2, -0.15) is 0 Å². The Morgan fingerprint density at radius 3 is 2.93 bits per heavy atom. The van der Waals surface area contributed by atoms with Crippen LogP contribution in [0.5, 0.6) is 0 Å². The second-order valence-corrected chi connectivity index (χ2v) is 7.88. The molecule has 4 aromatic rings. The molecule has 1 aliphatic rings. The minimum absolute atomic E-state index is 0.269. The molecule has 9 heteroatoms. The molecule has 5 rings (SSSR count). The maximum atomic E-state index is 14.3. The van der Waals surface area contributed by atoms with Gasteiger partial charge in [0.2, 0.25) is 0 Å². The highest BCUT2D eigenvalue weighted by atomic mass is 32.1. The van der Waals surface area contributed by atoms with Gasteiger partial charge in [-0.1, -0.05) is 12.1 Å². The molecule has 1 aliphatic heterocycles. The van der Waals surface area contributed by atoms with Crippen molar-refractivity contribution in [3.05, 3.63) is 83.0 Å². The van der Waals surface area contributed by atoms with Crippen LogP contribution >= 0.6 is 11.3 Å². The van der Waals surface area contributed by atoms with Crippen molar-refractivity contribution in [3.8, 4) is 0 Å². The standard InChI is InChI=1S/C21H17FN6OS/c22-13-4-3-6-16-19(13)30-20(27-16)18-17-15(25-11-26-17)7-9-28(18)21(29)12(10-23)14-5-1-2-8-24-14/h1-6,8,10-11,18H,7,9,23H2,(H,25,26)/t18-/m0/s1. The van der Waals surface area contributed by atoms with Crippen LogP contribution in [0.15, 0.2) is 55.1 Å². The number of nitrogens with one attached hydrogen (secondary N) is 1. The van der Waals surface area contributed by atoms with Gasteiger partial charge in [-0.25, -0.2) is 14.4 Å². The summed E-state index contributed by atoms with van der Waals surface area (Å²) < 4.78 is 14.8. The van der Waals surface area contributed by atoms with E-state index in [2.05, 4.69) is 19.9 Å². The molecular formula is C21H17FN6OS. The first kappa shape index (κ1) is 18.4. The minimum Gasteiger partial charge on any atom is -0.404 e. The van der Waals surface area contributed by atoms with Crippen molar-refractivity contribution in [2.24, 2.45) is 5.73 Å². The van der Waals surface area contributed by atoms with Gasteiger partial charge < -0.3 is 15.6 Å². The van der Waals surface area contributed by atoms with Crippen molar-refractivity contribution in [3.63, 3.8) is 0 Å². The topological polar surface area (TPSA) is 101 Å². The number of halogens is 1. The molecule has 150 valence electrons. The fourth-order valence-corrected chi connectivity index (χ4v) is 4.83. The molecule has 1 aromatic carbocycles. The van der Waals surface area contributed by atoms with Gasteiger partial charge in [0.1, 0.15) is 16.9 Å². The van der Waals surface area contributed by atoms with Crippen LogP contribution in [-0.2, 0) is 11.2 Å². The first-order valence-corrected chi connectivity index (χ1v) is 10.2. The average Bonchev–Trinajstić information content (AvgIpc) is 3.42. The largest absolute Gasteiger partial charge is 0.404 e. The molecule has 3 aromatic heterocycles. The fourth-order valence-electron chi connectivity index (χ4n) is 3.74. The molecule has 7 nitrogen and oxygen atoms in total. The lowest BCUT2D eigenvalue weighted by Crippen LogP contribution is -2.41. The number of imidazole rings is 1. The lowest BCUT2D eigenvalue weighted by atomic mass is 10.0. The van der Waals surface area contributed by atoms with Crippen molar-refractivity contribution in [2.45, 2.75) is 12.5 Å². The first-order chi connectivity index (χ1) is 14.7. The molecule has 0 unspecified atom stereocenters. The number of hydrogen-bond acceptors (Lipinski definition) is 6. The highest BCUT2D eigenvalue weighted by molar-refractivity contribution is 7.18. The van der Waals surface area contributed by atoms with Gasteiger partial charge in [-0.15, -0.1) is 11.3 Å². The van der Waals surface area contributed by atoms with Crippen LogP contribution in [-0.4, -0.2) is 37.3 Å². The highest BCUT2D eigenvalue weighted by Gasteiger charge is 2.37. The predicted molar refractivity (Wildman–Crippen MR) is 112 cm³/mol. The molecule has 3 N–H and O–H groups in total. The van der Waals surface area contributed by atoms with Crippen LogP contribution in [0.4, 0.5) is 4.39 Å². The van der Waals surface area contributed by atoms with Gasteiger partial charge in [0.15, 0.2) is 0 Å². The molecule has 0 fully saturated rings. The van der Waals surface area contributed by atoms with E-state index in [9.17, 15) is 9.18 Å². The predicted octanol–water partition coefficient (Wildman–Crippen LogP) is 3.03. The van der Waals surface area contributed by atoms with Crippen molar-refractivity contribution >= 4 is 33.0 Å². The van der Waals surface area contributed by atoms with Crippen LogP contribution in [0.25, 0.3) is 15.8 Å². The molecule has 4 heterocycles. The number of nitrogens with zero attached hydrogens (tertiary/aromatic N) is 4. The highest BCUT2D eigenvalue weighted by Crippen LogP contribution is 2.39. The summed E-state index contributed by atoms with van der Waals surface area (Å²) in [5, 5.41) is 0.605. The third-order valence-corrected chi connectivity index (χ3v) is 6.27. The van der Waals surface area contributed by atoms with E-state index in [-0.39, 0.29) is 11.7 Å². The first-order valence-electron chi connectivity index (χ1n) is 9.38. The zero-order valence-corrected chi connectivity index (χ0v) is 16.6. The van der Waals surface area contributed by atoms with Gasteiger partial charge in [0.25, 0.3) is 5.91 Å². The maximum Gasteiger partial charge on any atom is 0.258 e. The average molecular weight is 420 g/mol. The summed E-state index contributed by atoms with van der Waals surface area (Å²) >= 11 is 1.23. The number of thiazole rings is 1. The number of hydrogen-bond donors (Lipinski definition) is 2. The Morgan fingerprint density at radius 2 is 2.17 bits per heavy atom. The number of aromatic amines is 1. The number of benzene rings is 1. The molecule has 0 saturated carbocycles. The zero-order valence-electron chi connectivity index (χ0n) is 15.7. The Labute approximate surface area is 175 Å². The number of carbonyl (C=O) groups is 1. The van der Waals surface area contributed by atoms with Gasteiger partial charge in [-0.05, 0) is 24.3 Å². The number of aromatic nitrogens is 4. The van der Waals surface area contributed by atoms with Crippen LogP contribution < -0.4 is 5.73 Å². The number of fused-ring (bicyclic) bond motifs is 2. The summed E-state index contributed by atoms with van der Waals surface area (Å²) in [6.07, 6.45) is 5.12. The van der Waals surface area contributed by atoms with Gasteiger partial charge in [0.05, 0.1) is 33.5 Å².